The van der Waals surface area contributed by atoms with E-state index >= 15 is 0 Å². The number of hydrogen-bond donors (Lipinski definition) is 0. The van der Waals surface area contributed by atoms with Crippen LogP contribution in [0.2, 0.25) is 0 Å². The summed E-state index contributed by atoms with van der Waals surface area (Å²) in [4.78, 5) is 28.1. The lowest BCUT2D eigenvalue weighted by molar-refractivity contribution is -0.951. The molecule has 4 rings (SSSR count). The van der Waals surface area contributed by atoms with E-state index in [1.807, 2.05) is 0 Å². The van der Waals surface area contributed by atoms with Crippen LogP contribution in [0.5, 0.6) is 0 Å². The molecule has 0 spiro atoms. The van der Waals surface area contributed by atoms with E-state index in [1.54, 1.807) is 12.1 Å². The van der Waals surface area contributed by atoms with Crippen molar-refractivity contribution in [3.05, 3.63) is 39.9 Å². The van der Waals surface area contributed by atoms with Crippen LogP contribution in [0, 0.1) is 10.1 Å². The highest BCUT2D eigenvalue weighted by Crippen LogP contribution is 2.39. The first-order valence-corrected chi connectivity index (χ1v) is 9.21. The van der Waals surface area contributed by atoms with Gasteiger partial charge in [-0.15, -0.1) is 0 Å². The van der Waals surface area contributed by atoms with Gasteiger partial charge in [0.15, 0.2) is 6.04 Å². The Kier molecular flexibility index (Phi) is 4.42. The summed E-state index contributed by atoms with van der Waals surface area (Å²) in [6.45, 7) is 6.21. The number of methoxy groups -OCH3 is 1. The van der Waals surface area contributed by atoms with E-state index in [0.717, 1.165) is 49.3 Å². The predicted molar refractivity (Wildman–Crippen MR) is 94.1 cm³/mol. The molecule has 3 aliphatic heterocycles. The summed E-state index contributed by atoms with van der Waals surface area (Å²) in [5.74, 6) is -0.137. The maximum atomic E-state index is 12.7. The molecule has 8 heteroatoms. The third-order valence-electron chi connectivity index (χ3n) is 6.34. The van der Waals surface area contributed by atoms with Crippen LogP contribution in [0.1, 0.15) is 12.0 Å². The van der Waals surface area contributed by atoms with Gasteiger partial charge >= 0.3 is 5.97 Å². The zero-order valence-corrected chi connectivity index (χ0v) is 15.0. The molecule has 0 aliphatic carbocycles. The molecule has 1 aromatic rings. The van der Waals surface area contributed by atoms with Crippen LogP contribution in [0.3, 0.4) is 0 Å². The molecule has 1 unspecified atom stereocenters. The second-order valence-electron chi connectivity index (χ2n) is 7.47. The lowest BCUT2D eigenvalue weighted by atomic mass is 10.0. The molecule has 3 fully saturated rings. The zero-order chi connectivity index (χ0) is 18.3. The fourth-order valence-electron chi connectivity index (χ4n) is 5.08. The third kappa shape index (κ3) is 2.69. The van der Waals surface area contributed by atoms with Gasteiger partial charge in [-0.3, -0.25) is 14.6 Å². The first-order chi connectivity index (χ1) is 12.5. The fourth-order valence-corrected chi connectivity index (χ4v) is 5.08. The van der Waals surface area contributed by atoms with Gasteiger partial charge in [-0.05, 0) is 12.0 Å². The lowest BCUT2D eigenvalue weighted by Crippen LogP contribution is -2.61. The Morgan fingerprint density at radius 3 is 2.38 bits per heavy atom. The normalized spacial score (nSPS) is 28.9. The first-order valence-electron chi connectivity index (χ1n) is 9.21. The van der Waals surface area contributed by atoms with Crippen LogP contribution in [0.4, 0.5) is 5.69 Å². The van der Waals surface area contributed by atoms with E-state index < -0.39 is 4.92 Å². The van der Waals surface area contributed by atoms with E-state index in [9.17, 15) is 14.9 Å². The Balaban J connectivity index is 1.53. The summed E-state index contributed by atoms with van der Waals surface area (Å²) in [6, 6.07) is 6.44. The highest BCUT2D eigenvalue weighted by molar-refractivity contribution is 5.74. The molecular formula is C18H25N4O4+. The van der Waals surface area contributed by atoms with Gasteiger partial charge in [0.25, 0.3) is 5.69 Å². The molecule has 0 aromatic heterocycles. The summed E-state index contributed by atoms with van der Waals surface area (Å²) in [6.07, 6.45) is 1.73. The Bertz CT molecular complexity index is 692. The van der Waals surface area contributed by atoms with Crippen LogP contribution >= 0.6 is 0 Å². The smallest absolute Gasteiger partial charge is 0.364 e. The second-order valence-corrected chi connectivity index (χ2v) is 7.47. The topological polar surface area (TPSA) is 75.9 Å². The summed E-state index contributed by atoms with van der Waals surface area (Å²) in [5, 5.41) is 10.8. The fraction of sp³-hybridized carbons (Fsp3) is 0.611. The Hall–Kier alpha value is -2.03. The van der Waals surface area contributed by atoms with Gasteiger partial charge in [0.2, 0.25) is 6.29 Å². The van der Waals surface area contributed by atoms with Crippen molar-refractivity contribution in [1.29, 1.82) is 0 Å². The molecule has 8 nitrogen and oxygen atoms in total. The number of aryl methyl sites for hydroxylation is 1. The Morgan fingerprint density at radius 2 is 1.85 bits per heavy atom. The van der Waals surface area contributed by atoms with E-state index in [1.165, 1.54) is 19.2 Å². The van der Waals surface area contributed by atoms with Crippen LogP contribution in [0.15, 0.2) is 24.3 Å². The number of ether oxygens (including phenoxy) is 1. The number of non-ortho nitro benzene ring substituents is 1. The minimum Gasteiger partial charge on any atom is -0.465 e. The molecule has 1 aromatic carbocycles. The highest BCUT2D eigenvalue weighted by Gasteiger charge is 2.62. The number of rotatable bonds is 6. The molecule has 3 saturated heterocycles. The van der Waals surface area contributed by atoms with E-state index in [-0.39, 0.29) is 17.7 Å². The lowest BCUT2D eigenvalue weighted by Gasteiger charge is -2.40. The van der Waals surface area contributed by atoms with E-state index in [4.69, 9.17) is 4.74 Å². The summed E-state index contributed by atoms with van der Waals surface area (Å²) in [5.41, 5.74) is 1.11. The maximum absolute atomic E-state index is 12.7. The van der Waals surface area contributed by atoms with Crippen molar-refractivity contribution in [2.75, 3.05) is 46.4 Å². The number of nitro benzene ring substituents is 1. The van der Waals surface area contributed by atoms with Crippen LogP contribution in [0.25, 0.3) is 0 Å². The summed E-state index contributed by atoms with van der Waals surface area (Å²) >= 11 is 0. The van der Waals surface area contributed by atoms with Crippen molar-refractivity contribution in [2.24, 2.45) is 0 Å². The molecular weight excluding hydrogens is 336 g/mol. The molecule has 140 valence electrons. The van der Waals surface area contributed by atoms with Gasteiger partial charge in [-0.1, -0.05) is 12.1 Å². The number of carbonyl (C=O) groups excluding carboxylic acids is 1. The summed E-state index contributed by atoms with van der Waals surface area (Å²) < 4.78 is 5.97. The SMILES string of the molecule is COC(=O)C(CCc1ccc([N+](=O)[O-])cc1)[N+]12CCN3CCN(CC1)C32. The Labute approximate surface area is 152 Å². The number of nitro groups is 1. The minimum atomic E-state index is -0.392. The zero-order valence-electron chi connectivity index (χ0n) is 15.0. The van der Waals surface area contributed by atoms with Crippen LogP contribution in [-0.2, 0) is 16.0 Å². The highest BCUT2D eigenvalue weighted by atomic mass is 16.6. The minimum absolute atomic E-state index is 0.0940. The molecule has 0 bridgehead atoms. The molecule has 1 atom stereocenters. The number of esters is 1. The van der Waals surface area contributed by atoms with Crippen LogP contribution < -0.4 is 0 Å². The first kappa shape index (κ1) is 17.4. The van der Waals surface area contributed by atoms with Crippen molar-refractivity contribution in [2.45, 2.75) is 25.2 Å². The van der Waals surface area contributed by atoms with Crippen molar-refractivity contribution >= 4 is 11.7 Å². The average molecular weight is 361 g/mol. The van der Waals surface area contributed by atoms with Crippen molar-refractivity contribution < 1.29 is 18.9 Å². The second kappa shape index (κ2) is 6.61. The standard InChI is InChI=1S/C18H25N4O4/c1-26-17(23)16(7-4-14-2-5-15(6-3-14)21(24)25)22-12-10-19-8-9-20(11-13-22)18(19)22/h2-3,5-6,16,18H,4,7-13H2,1H3/q+1. The maximum Gasteiger partial charge on any atom is 0.364 e. The number of nitrogens with zero attached hydrogens (tertiary/aromatic N) is 4. The van der Waals surface area contributed by atoms with Crippen molar-refractivity contribution in [3.8, 4) is 0 Å². The Morgan fingerprint density at radius 1 is 1.23 bits per heavy atom. The number of carbonyl (C=O) groups is 1. The van der Waals surface area contributed by atoms with Gasteiger partial charge in [-0.25, -0.2) is 14.6 Å². The quantitative estimate of drug-likeness (QED) is 0.323. The molecule has 0 radical (unpaired) electrons. The van der Waals surface area contributed by atoms with Gasteiger partial charge in [0.1, 0.15) is 0 Å². The molecule has 26 heavy (non-hydrogen) atoms. The van der Waals surface area contributed by atoms with Crippen LogP contribution in [-0.4, -0.2) is 83.9 Å². The van der Waals surface area contributed by atoms with Gasteiger partial charge in [0, 0.05) is 31.6 Å². The average Bonchev–Trinajstić information content (AvgIpc) is 3.32. The number of quaternary nitrogens is 1. The summed E-state index contributed by atoms with van der Waals surface area (Å²) in [7, 11) is 1.47. The molecule has 3 heterocycles. The van der Waals surface area contributed by atoms with Gasteiger partial charge in [-0.2, -0.15) is 0 Å². The van der Waals surface area contributed by atoms with Gasteiger partial charge < -0.3 is 4.74 Å². The van der Waals surface area contributed by atoms with Crippen molar-refractivity contribution in [1.82, 2.24) is 9.80 Å². The predicted octanol–water partition coefficient (Wildman–Crippen LogP) is 0.814. The van der Waals surface area contributed by atoms with E-state index in [0.29, 0.717) is 19.1 Å². The molecule has 0 N–H and O–H groups in total. The number of hydrogen-bond acceptors (Lipinski definition) is 6. The number of benzene rings is 1. The largest absolute Gasteiger partial charge is 0.465 e. The monoisotopic (exact) mass is 361 g/mol. The third-order valence-corrected chi connectivity index (χ3v) is 6.34. The van der Waals surface area contributed by atoms with Crippen molar-refractivity contribution in [3.63, 3.8) is 0 Å². The molecule has 0 amide bonds. The molecule has 3 aliphatic rings. The van der Waals surface area contributed by atoms with Gasteiger partial charge in [0.05, 0.1) is 38.2 Å². The molecule has 0 saturated carbocycles. The van der Waals surface area contributed by atoms with E-state index in [2.05, 4.69) is 9.80 Å².